The van der Waals surface area contributed by atoms with Crippen molar-refractivity contribution >= 4 is 5.91 Å². The Morgan fingerprint density at radius 3 is 2.94 bits per heavy atom. The molecule has 0 fully saturated rings. The molecule has 1 aliphatic rings. The minimum Gasteiger partial charge on any atom is -0.354 e. The summed E-state index contributed by atoms with van der Waals surface area (Å²) >= 11 is 0. The number of aryl methyl sites for hydroxylation is 1. The summed E-state index contributed by atoms with van der Waals surface area (Å²) in [6.07, 6.45) is 0.678. The first-order valence-corrected chi connectivity index (χ1v) is 5.37. The van der Waals surface area contributed by atoms with Crippen molar-refractivity contribution in [3.8, 4) is 0 Å². The van der Waals surface area contributed by atoms with E-state index in [0.29, 0.717) is 13.0 Å². The molecule has 0 bridgehead atoms. The number of amides is 1. The highest BCUT2D eigenvalue weighted by atomic mass is 19.1. The van der Waals surface area contributed by atoms with Gasteiger partial charge in [0, 0.05) is 6.54 Å². The lowest BCUT2D eigenvalue weighted by Gasteiger charge is -2.18. The van der Waals surface area contributed by atoms with Crippen molar-refractivity contribution in [2.75, 3.05) is 13.6 Å². The fraction of sp³-hybridized carbons (Fsp3) is 0.417. The number of carbonyl (C=O) groups excluding carboxylic acids is 1. The topological polar surface area (TPSA) is 41.1 Å². The van der Waals surface area contributed by atoms with E-state index in [0.717, 1.165) is 16.7 Å². The van der Waals surface area contributed by atoms with E-state index in [1.165, 1.54) is 12.1 Å². The second kappa shape index (κ2) is 4.22. The summed E-state index contributed by atoms with van der Waals surface area (Å²) in [6, 6.07) is 2.62. The zero-order chi connectivity index (χ0) is 11.7. The average molecular weight is 222 g/mol. The summed E-state index contributed by atoms with van der Waals surface area (Å²) in [4.78, 5) is 11.8. The van der Waals surface area contributed by atoms with E-state index >= 15 is 0 Å². The van der Waals surface area contributed by atoms with Gasteiger partial charge in [-0.05, 0) is 49.2 Å². The largest absolute Gasteiger partial charge is 0.354 e. The third-order valence-corrected chi connectivity index (χ3v) is 2.97. The highest BCUT2D eigenvalue weighted by Crippen LogP contribution is 2.26. The fourth-order valence-electron chi connectivity index (χ4n) is 2.27. The summed E-state index contributed by atoms with van der Waals surface area (Å²) in [5, 5.41) is 5.79. The first kappa shape index (κ1) is 11.1. The minimum absolute atomic E-state index is 0.0454. The monoisotopic (exact) mass is 222 g/mol. The molecule has 1 atom stereocenters. The molecule has 1 unspecified atom stereocenters. The van der Waals surface area contributed by atoms with Crippen LogP contribution in [0.5, 0.6) is 0 Å². The summed E-state index contributed by atoms with van der Waals surface area (Å²) < 4.78 is 13.3. The smallest absolute Gasteiger partial charge is 0.241 e. The fourth-order valence-corrected chi connectivity index (χ4v) is 2.27. The van der Waals surface area contributed by atoms with Crippen LogP contribution >= 0.6 is 0 Å². The number of hydrogen-bond donors (Lipinski definition) is 2. The van der Waals surface area contributed by atoms with Gasteiger partial charge in [0.25, 0.3) is 0 Å². The second-order valence-electron chi connectivity index (χ2n) is 4.06. The molecule has 1 heterocycles. The first-order chi connectivity index (χ1) is 7.63. The van der Waals surface area contributed by atoms with Crippen molar-refractivity contribution in [3.05, 3.63) is 34.6 Å². The molecule has 1 amide bonds. The van der Waals surface area contributed by atoms with Crippen molar-refractivity contribution in [1.82, 2.24) is 10.6 Å². The molecule has 0 saturated heterocycles. The van der Waals surface area contributed by atoms with Crippen LogP contribution in [-0.4, -0.2) is 19.5 Å². The first-order valence-electron chi connectivity index (χ1n) is 5.37. The van der Waals surface area contributed by atoms with Crippen LogP contribution in [0.4, 0.5) is 4.39 Å². The van der Waals surface area contributed by atoms with Crippen LogP contribution in [0.15, 0.2) is 12.1 Å². The molecule has 16 heavy (non-hydrogen) atoms. The van der Waals surface area contributed by atoms with Gasteiger partial charge < -0.3 is 10.6 Å². The lowest BCUT2D eigenvalue weighted by molar-refractivity contribution is -0.122. The number of benzene rings is 1. The van der Waals surface area contributed by atoms with Crippen LogP contribution in [0, 0.1) is 12.7 Å². The molecule has 0 radical (unpaired) electrons. The number of likely N-dealkylation sites (N-methyl/N-ethyl adjacent to an activating group) is 1. The molecule has 3 nitrogen and oxygen atoms in total. The zero-order valence-corrected chi connectivity index (χ0v) is 9.43. The number of rotatable bonds is 1. The van der Waals surface area contributed by atoms with Crippen LogP contribution in [0.2, 0.25) is 0 Å². The molecular formula is C12H15FN2O. The maximum atomic E-state index is 13.3. The summed E-state index contributed by atoms with van der Waals surface area (Å²) in [6.45, 7) is 2.40. The van der Waals surface area contributed by atoms with Crippen molar-refractivity contribution in [3.63, 3.8) is 0 Å². The number of halogens is 1. The van der Waals surface area contributed by atoms with Gasteiger partial charge in [0.15, 0.2) is 0 Å². The maximum absolute atomic E-state index is 13.3. The van der Waals surface area contributed by atoms with E-state index in [2.05, 4.69) is 10.6 Å². The van der Waals surface area contributed by atoms with Gasteiger partial charge >= 0.3 is 0 Å². The lowest BCUT2D eigenvalue weighted by atomic mass is 9.94. The van der Waals surface area contributed by atoms with Gasteiger partial charge in [-0.2, -0.15) is 0 Å². The van der Waals surface area contributed by atoms with E-state index in [4.69, 9.17) is 0 Å². The van der Waals surface area contributed by atoms with Gasteiger partial charge in [-0.3, -0.25) is 4.79 Å². The maximum Gasteiger partial charge on any atom is 0.241 e. The predicted molar refractivity (Wildman–Crippen MR) is 59.7 cm³/mol. The van der Waals surface area contributed by atoms with Crippen LogP contribution in [0.25, 0.3) is 0 Å². The molecule has 0 aromatic heterocycles. The molecule has 0 aliphatic carbocycles. The van der Waals surface area contributed by atoms with E-state index in [9.17, 15) is 9.18 Å². The van der Waals surface area contributed by atoms with Gasteiger partial charge in [0.05, 0.1) is 0 Å². The SMILES string of the molecule is CNC1C(=O)NCCc2cc(F)cc(C)c21. The molecule has 4 heteroatoms. The standard InChI is InChI=1S/C12H15FN2O/c1-7-5-9(13)6-8-3-4-15-12(16)11(14-2)10(7)8/h5-6,11,14H,3-4H2,1-2H3,(H,15,16). The summed E-state index contributed by atoms with van der Waals surface area (Å²) in [7, 11) is 1.74. The summed E-state index contributed by atoms with van der Waals surface area (Å²) in [5.74, 6) is -0.281. The Hall–Kier alpha value is -1.42. The third kappa shape index (κ3) is 1.80. The molecular weight excluding hydrogens is 207 g/mol. The highest BCUT2D eigenvalue weighted by Gasteiger charge is 2.26. The Labute approximate surface area is 94.0 Å². The Morgan fingerprint density at radius 2 is 2.25 bits per heavy atom. The van der Waals surface area contributed by atoms with E-state index in [1.54, 1.807) is 7.05 Å². The van der Waals surface area contributed by atoms with Crippen molar-refractivity contribution in [1.29, 1.82) is 0 Å². The van der Waals surface area contributed by atoms with E-state index in [1.807, 2.05) is 6.92 Å². The molecule has 1 aromatic carbocycles. The number of fused-ring (bicyclic) bond motifs is 1. The van der Waals surface area contributed by atoms with Gasteiger partial charge in [0.1, 0.15) is 11.9 Å². The van der Waals surface area contributed by atoms with E-state index in [-0.39, 0.29) is 17.8 Å². The van der Waals surface area contributed by atoms with Gasteiger partial charge in [-0.1, -0.05) is 0 Å². The quantitative estimate of drug-likeness (QED) is 0.746. The second-order valence-corrected chi connectivity index (χ2v) is 4.06. The van der Waals surface area contributed by atoms with Gasteiger partial charge in [-0.15, -0.1) is 0 Å². The predicted octanol–water partition coefficient (Wildman–Crippen LogP) is 1.07. The number of nitrogens with one attached hydrogen (secondary N) is 2. The van der Waals surface area contributed by atoms with Crippen molar-refractivity contribution < 1.29 is 9.18 Å². The average Bonchev–Trinajstić information content (AvgIpc) is 2.36. The molecule has 2 N–H and O–H groups in total. The molecule has 2 rings (SSSR count). The van der Waals surface area contributed by atoms with Gasteiger partial charge in [-0.25, -0.2) is 4.39 Å². The molecule has 1 aliphatic heterocycles. The Bertz CT molecular complexity index is 431. The normalized spacial score (nSPS) is 19.9. The highest BCUT2D eigenvalue weighted by molar-refractivity contribution is 5.84. The number of carbonyl (C=O) groups is 1. The molecule has 0 spiro atoms. The van der Waals surface area contributed by atoms with Gasteiger partial charge in [0.2, 0.25) is 5.91 Å². The van der Waals surface area contributed by atoms with Crippen molar-refractivity contribution in [2.45, 2.75) is 19.4 Å². The van der Waals surface area contributed by atoms with Crippen molar-refractivity contribution in [2.24, 2.45) is 0 Å². The van der Waals surface area contributed by atoms with Crippen LogP contribution in [0.3, 0.4) is 0 Å². The summed E-state index contributed by atoms with van der Waals surface area (Å²) in [5.41, 5.74) is 2.65. The van der Waals surface area contributed by atoms with Crippen LogP contribution in [-0.2, 0) is 11.2 Å². The van der Waals surface area contributed by atoms with E-state index < -0.39 is 0 Å². The molecule has 86 valence electrons. The lowest BCUT2D eigenvalue weighted by Crippen LogP contribution is -2.35. The van der Waals surface area contributed by atoms with Crippen LogP contribution in [0.1, 0.15) is 22.7 Å². The third-order valence-electron chi connectivity index (χ3n) is 2.97. The Morgan fingerprint density at radius 1 is 1.50 bits per heavy atom. The van der Waals surface area contributed by atoms with Crippen LogP contribution < -0.4 is 10.6 Å². The molecule has 1 aromatic rings. The molecule has 0 saturated carbocycles. The number of hydrogen-bond acceptors (Lipinski definition) is 2. The Balaban J connectivity index is 2.58. The zero-order valence-electron chi connectivity index (χ0n) is 9.43. The Kier molecular flexibility index (Phi) is 2.92. The minimum atomic E-state index is -0.377.